The van der Waals surface area contributed by atoms with E-state index in [0.29, 0.717) is 15.9 Å². The van der Waals surface area contributed by atoms with Crippen molar-refractivity contribution in [1.82, 2.24) is 5.16 Å². The first-order valence-corrected chi connectivity index (χ1v) is 8.08. The topological polar surface area (TPSA) is 52.0 Å². The third-order valence-electron chi connectivity index (χ3n) is 3.51. The first-order chi connectivity index (χ1) is 10.1. The molecule has 1 heterocycles. The standard InChI is InChI=1S/C16H20Cl2N2O/c1-2-3-4-5-6-7-14-15(16(19)21-20-14)11-8-9-12(17)13(18)10-11/h8-10H,2-7,19H2,1H3. The van der Waals surface area contributed by atoms with Gasteiger partial charge in [-0.15, -0.1) is 0 Å². The maximum atomic E-state index is 6.07. The molecule has 0 unspecified atom stereocenters. The summed E-state index contributed by atoms with van der Waals surface area (Å²) in [4.78, 5) is 0. The van der Waals surface area contributed by atoms with E-state index < -0.39 is 0 Å². The number of aromatic nitrogens is 1. The minimum Gasteiger partial charge on any atom is -0.367 e. The van der Waals surface area contributed by atoms with Crippen LogP contribution in [0.3, 0.4) is 0 Å². The van der Waals surface area contributed by atoms with Crippen LogP contribution >= 0.6 is 23.2 Å². The van der Waals surface area contributed by atoms with Gasteiger partial charge in [0, 0.05) is 0 Å². The Kier molecular flexibility index (Phi) is 5.95. The van der Waals surface area contributed by atoms with Gasteiger partial charge in [-0.2, -0.15) is 0 Å². The number of anilines is 1. The van der Waals surface area contributed by atoms with Gasteiger partial charge in [-0.1, -0.05) is 67.0 Å². The highest BCUT2D eigenvalue weighted by atomic mass is 35.5. The van der Waals surface area contributed by atoms with E-state index in [0.717, 1.165) is 29.7 Å². The van der Waals surface area contributed by atoms with Crippen LogP contribution in [0.5, 0.6) is 0 Å². The predicted octanol–water partition coefficient (Wildman–Crippen LogP) is 5.74. The fraction of sp³-hybridized carbons (Fsp3) is 0.438. The molecular formula is C16H20Cl2N2O. The number of hydrogen-bond donors (Lipinski definition) is 1. The number of hydrogen-bond acceptors (Lipinski definition) is 3. The van der Waals surface area contributed by atoms with Crippen molar-refractivity contribution in [3.05, 3.63) is 33.9 Å². The summed E-state index contributed by atoms with van der Waals surface area (Å²) in [7, 11) is 0. The number of benzene rings is 1. The second-order valence-electron chi connectivity index (χ2n) is 5.16. The van der Waals surface area contributed by atoms with Crippen LogP contribution in [0.4, 0.5) is 5.88 Å². The van der Waals surface area contributed by atoms with E-state index in [-0.39, 0.29) is 0 Å². The van der Waals surface area contributed by atoms with Gasteiger partial charge in [0.25, 0.3) is 0 Å². The molecule has 1 aromatic heterocycles. The molecule has 3 nitrogen and oxygen atoms in total. The zero-order valence-electron chi connectivity index (χ0n) is 12.2. The van der Waals surface area contributed by atoms with Gasteiger partial charge in [-0.3, -0.25) is 0 Å². The maximum Gasteiger partial charge on any atom is 0.230 e. The fourth-order valence-corrected chi connectivity index (χ4v) is 2.66. The molecule has 0 atom stereocenters. The van der Waals surface area contributed by atoms with Crippen molar-refractivity contribution in [3.63, 3.8) is 0 Å². The first kappa shape index (κ1) is 16.2. The largest absolute Gasteiger partial charge is 0.367 e. The van der Waals surface area contributed by atoms with E-state index in [9.17, 15) is 0 Å². The van der Waals surface area contributed by atoms with E-state index in [1.165, 1.54) is 25.7 Å². The minimum absolute atomic E-state index is 0.331. The van der Waals surface area contributed by atoms with Crippen LogP contribution in [0.2, 0.25) is 10.0 Å². The van der Waals surface area contributed by atoms with Crippen LogP contribution in [0.25, 0.3) is 11.1 Å². The van der Waals surface area contributed by atoms with Gasteiger partial charge in [0.2, 0.25) is 5.88 Å². The van der Waals surface area contributed by atoms with E-state index in [2.05, 4.69) is 12.1 Å². The highest BCUT2D eigenvalue weighted by molar-refractivity contribution is 6.42. The van der Waals surface area contributed by atoms with Crippen LogP contribution in [-0.4, -0.2) is 5.16 Å². The van der Waals surface area contributed by atoms with Crippen LogP contribution < -0.4 is 5.73 Å². The summed E-state index contributed by atoms with van der Waals surface area (Å²) in [5.41, 5.74) is 8.53. The second-order valence-corrected chi connectivity index (χ2v) is 5.98. The van der Waals surface area contributed by atoms with Gasteiger partial charge < -0.3 is 10.3 Å². The molecule has 0 aliphatic carbocycles. The van der Waals surface area contributed by atoms with Gasteiger partial charge in [0.1, 0.15) is 0 Å². The molecule has 0 amide bonds. The third kappa shape index (κ3) is 4.14. The van der Waals surface area contributed by atoms with Gasteiger partial charge in [-0.25, -0.2) is 0 Å². The van der Waals surface area contributed by atoms with Crippen molar-refractivity contribution in [2.75, 3.05) is 5.73 Å². The molecule has 0 saturated heterocycles. The average Bonchev–Trinajstić information content (AvgIpc) is 2.83. The van der Waals surface area contributed by atoms with Gasteiger partial charge in [0.15, 0.2) is 0 Å². The Morgan fingerprint density at radius 1 is 1.10 bits per heavy atom. The normalized spacial score (nSPS) is 11.0. The monoisotopic (exact) mass is 326 g/mol. The summed E-state index contributed by atoms with van der Waals surface area (Å²) >= 11 is 12.0. The van der Waals surface area contributed by atoms with Crippen LogP contribution in [0, 0.1) is 0 Å². The van der Waals surface area contributed by atoms with Crippen molar-refractivity contribution in [2.45, 2.75) is 45.4 Å². The summed E-state index contributed by atoms with van der Waals surface area (Å²) in [6.07, 6.45) is 6.92. The molecular weight excluding hydrogens is 307 g/mol. The number of nitrogen functional groups attached to an aromatic ring is 1. The fourth-order valence-electron chi connectivity index (χ4n) is 2.36. The Bertz CT molecular complexity index is 596. The van der Waals surface area contributed by atoms with Gasteiger partial charge in [0.05, 0.1) is 21.3 Å². The summed E-state index contributed by atoms with van der Waals surface area (Å²) < 4.78 is 5.15. The number of nitrogens with two attached hydrogens (primary N) is 1. The quantitative estimate of drug-likeness (QED) is 0.659. The molecule has 5 heteroatoms. The molecule has 0 aliphatic heterocycles. The van der Waals surface area contributed by atoms with Crippen molar-refractivity contribution >= 4 is 29.1 Å². The summed E-state index contributed by atoms with van der Waals surface area (Å²) in [5, 5.41) is 5.11. The Labute approximate surface area is 135 Å². The van der Waals surface area contributed by atoms with E-state index in [1.807, 2.05) is 6.07 Å². The molecule has 2 N–H and O–H groups in total. The first-order valence-electron chi connectivity index (χ1n) is 7.33. The van der Waals surface area contributed by atoms with E-state index in [4.69, 9.17) is 33.5 Å². The average molecular weight is 327 g/mol. The second kappa shape index (κ2) is 7.71. The maximum absolute atomic E-state index is 6.07. The Morgan fingerprint density at radius 3 is 2.57 bits per heavy atom. The van der Waals surface area contributed by atoms with Crippen molar-refractivity contribution < 1.29 is 4.52 Å². The van der Waals surface area contributed by atoms with Crippen LogP contribution in [0.15, 0.2) is 22.7 Å². The molecule has 0 fully saturated rings. The van der Waals surface area contributed by atoms with Crippen molar-refractivity contribution in [1.29, 1.82) is 0 Å². The number of unbranched alkanes of at least 4 members (excludes halogenated alkanes) is 4. The smallest absolute Gasteiger partial charge is 0.230 e. The van der Waals surface area contributed by atoms with E-state index >= 15 is 0 Å². The lowest BCUT2D eigenvalue weighted by atomic mass is 10.0. The Morgan fingerprint density at radius 2 is 1.86 bits per heavy atom. The summed E-state index contributed by atoms with van der Waals surface area (Å²) in [5.74, 6) is 0.331. The molecule has 21 heavy (non-hydrogen) atoms. The molecule has 2 aromatic rings. The van der Waals surface area contributed by atoms with Crippen LogP contribution in [0.1, 0.15) is 44.7 Å². The molecule has 0 saturated carbocycles. The van der Waals surface area contributed by atoms with E-state index in [1.54, 1.807) is 12.1 Å². The highest BCUT2D eigenvalue weighted by Gasteiger charge is 2.16. The molecule has 0 aliphatic rings. The van der Waals surface area contributed by atoms with Gasteiger partial charge in [-0.05, 0) is 30.5 Å². The molecule has 0 radical (unpaired) electrons. The summed E-state index contributed by atoms with van der Waals surface area (Å²) in [6.45, 7) is 2.21. The minimum atomic E-state index is 0.331. The SMILES string of the molecule is CCCCCCCc1noc(N)c1-c1ccc(Cl)c(Cl)c1. The lowest BCUT2D eigenvalue weighted by Gasteiger charge is -2.04. The number of halogens is 2. The molecule has 114 valence electrons. The predicted molar refractivity (Wildman–Crippen MR) is 88.8 cm³/mol. The van der Waals surface area contributed by atoms with Crippen LogP contribution in [-0.2, 0) is 6.42 Å². The highest BCUT2D eigenvalue weighted by Crippen LogP contribution is 2.34. The lowest BCUT2D eigenvalue weighted by molar-refractivity contribution is 0.426. The van der Waals surface area contributed by atoms with Gasteiger partial charge >= 0.3 is 0 Å². The van der Waals surface area contributed by atoms with Crippen molar-refractivity contribution in [2.24, 2.45) is 0 Å². The Balaban J connectivity index is 2.12. The van der Waals surface area contributed by atoms with Crippen molar-refractivity contribution in [3.8, 4) is 11.1 Å². The molecule has 0 bridgehead atoms. The lowest BCUT2D eigenvalue weighted by Crippen LogP contribution is -1.92. The Hall–Kier alpha value is -1.19. The summed E-state index contributed by atoms with van der Waals surface area (Å²) in [6, 6.07) is 5.45. The number of aryl methyl sites for hydroxylation is 1. The zero-order valence-corrected chi connectivity index (χ0v) is 13.7. The zero-order chi connectivity index (χ0) is 15.2. The number of nitrogens with zero attached hydrogens (tertiary/aromatic N) is 1. The molecule has 1 aromatic carbocycles. The number of rotatable bonds is 7. The molecule has 0 spiro atoms. The molecule has 2 rings (SSSR count). The third-order valence-corrected chi connectivity index (χ3v) is 4.25.